The number of anilines is 2. The molecule has 1 N–H and O–H groups in total. The molecule has 0 saturated carbocycles. The number of carbonyl (C=O) groups is 2. The lowest BCUT2D eigenvalue weighted by Crippen LogP contribution is -2.28. The summed E-state index contributed by atoms with van der Waals surface area (Å²) >= 11 is 7.74. The van der Waals surface area contributed by atoms with Crippen LogP contribution in [0, 0.1) is 0 Å². The molecule has 3 aromatic rings. The number of nitrogens with one attached hydrogen (secondary N) is 1. The van der Waals surface area contributed by atoms with E-state index in [1.54, 1.807) is 36.0 Å². The van der Waals surface area contributed by atoms with Gasteiger partial charge >= 0.3 is 0 Å². The van der Waals surface area contributed by atoms with Gasteiger partial charge in [-0.05, 0) is 47.9 Å². The summed E-state index contributed by atoms with van der Waals surface area (Å²) in [6.45, 7) is 2.14. The fourth-order valence-corrected chi connectivity index (χ4v) is 5.12. The molecule has 1 fully saturated rings. The molecule has 0 radical (unpaired) electrons. The van der Waals surface area contributed by atoms with E-state index in [4.69, 9.17) is 11.6 Å². The number of thioether (sulfide) groups is 1. The summed E-state index contributed by atoms with van der Waals surface area (Å²) in [5.74, 6) is 0.324. The number of carbonyl (C=O) groups excluding carboxylic acids is 2. The molecule has 4 rings (SSSR count). The number of benzene rings is 3. The maximum atomic E-state index is 12.8. The number of para-hydroxylation sites is 1. The summed E-state index contributed by atoms with van der Waals surface area (Å²) in [6, 6.07) is 22.7. The molecule has 0 unspecified atom stereocenters. The third-order valence-corrected chi connectivity index (χ3v) is 6.75. The average Bonchev–Trinajstić information content (AvgIpc) is 3.16. The van der Waals surface area contributed by atoms with Gasteiger partial charge in [0.05, 0.1) is 16.3 Å². The molecule has 1 aliphatic rings. The normalized spacial score (nSPS) is 15.9. The Balaban J connectivity index is 1.55. The van der Waals surface area contributed by atoms with Crippen molar-refractivity contribution in [3.63, 3.8) is 0 Å². The van der Waals surface area contributed by atoms with E-state index in [1.807, 2.05) is 47.4 Å². The van der Waals surface area contributed by atoms with Gasteiger partial charge in [-0.1, -0.05) is 67.4 Å². The highest BCUT2D eigenvalue weighted by molar-refractivity contribution is 8.00. The lowest BCUT2D eigenvalue weighted by Gasteiger charge is -2.26. The van der Waals surface area contributed by atoms with E-state index < -0.39 is 0 Å². The molecule has 0 bridgehead atoms. The van der Waals surface area contributed by atoms with Gasteiger partial charge in [-0.2, -0.15) is 0 Å². The third-order valence-electron chi connectivity index (χ3n) is 5.21. The minimum Gasteiger partial charge on any atom is -0.322 e. The lowest BCUT2D eigenvalue weighted by molar-refractivity contribution is -0.115. The third kappa shape index (κ3) is 4.63. The minimum absolute atomic E-state index is 0.0844. The molecule has 1 saturated heterocycles. The van der Waals surface area contributed by atoms with Gasteiger partial charge in [0.2, 0.25) is 5.91 Å². The van der Waals surface area contributed by atoms with Crippen molar-refractivity contribution in [2.45, 2.75) is 25.1 Å². The average molecular weight is 451 g/mol. The van der Waals surface area contributed by atoms with Gasteiger partial charge in [-0.3, -0.25) is 14.5 Å². The first-order valence-electron chi connectivity index (χ1n) is 10.3. The van der Waals surface area contributed by atoms with Crippen molar-refractivity contribution in [1.82, 2.24) is 0 Å². The monoisotopic (exact) mass is 450 g/mol. The van der Waals surface area contributed by atoms with Crippen molar-refractivity contribution in [2.75, 3.05) is 16.0 Å². The summed E-state index contributed by atoms with van der Waals surface area (Å²) in [5.41, 5.74) is 4.32. The Morgan fingerprint density at radius 3 is 2.52 bits per heavy atom. The predicted molar refractivity (Wildman–Crippen MR) is 129 cm³/mol. The van der Waals surface area contributed by atoms with Crippen LogP contribution in [-0.4, -0.2) is 17.6 Å². The molecule has 3 aromatic carbocycles. The zero-order chi connectivity index (χ0) is 21.8. The highest BCUT2D eigenvalue weighted by Gasteiger charge is 2.35. The fourth-order valence-electron chi connectivity index (χ4n) is 3.73. The second kappa shape index (κ2) is 9.58. The highest BCUT2D eigenvalue weighted by Crippen LogP contribution is 2.43. The lowest BCUT2D eigenvalue weighted by atomic mass is 10.1. The van der Waals surface area contributed by atoms with E-state index >= 15 is 0 Å². The summed E-state index contributed by atoms with van der Waals surface area (Å²) in [7, 11) is 0. The van der Waals surface area contributed by atoms with Gasteiger partial charge in [-0.15, -0.1) is 11.8 Å². The second-order valence-electron chi connectivity index (χ2n) is 7.36. The predicted octanol–water partition coefficient (Wildman–Crippen LogP) is 6.32. The first-order valence-corrected chi connectivity index (χ1v) is 11.7. The van der Waals surface area contributed by atoms with Crippen LogP contribution in [0.5, 0.6) is 0 Å². The van der Waals surface area contributed by atoms with Crippen LogP contribution in [0.3, 0.4) is 0 Å². The van der Waals surface area contributed by atoms with Crippen LogP contribution in [0.2, 0.25) is 5.02 Å². The first-order chi connectivity index (χ1) is 15.1. The van der Waals surface area contributed by atoms with E-state index in [9.17, 15) is 9.59 Å². The number of halogens is 1. The van der Waals surface area contributed by atoms with Crippen molar-refractivity contribution in [3.8, 4) is 0 Å². The molecule has 4 nitrogen and oxygen atoms in total. The van der Waals surface area contributed by atoms with Crippen LogP contribution in [0.1, 0.15) is 40.2 Å². The standard InChI is InChI=1S/C25H23ClN2O2S/c1-2-7-17-8-3-6-11-22(17)28-23(29)16-31-25(28)18-12-14-19(15-13-18)27-24(30)20-9-4-5-10-21(20)26/h3-6,8-15,25H,2,7,16H2,1H3,(H,27,30)/t25-/m1/s1. The largest absolute Gasteiger partial charge is 0.322 e. The molecule has 0 aliphatic carbocycles. The molecule has 0 aromatic heterocycles. The SMILES string of the molecule is CCCc1ccccc1N1C(=O)CS[C@@H]1c1ccc(NC(=O)c2ccccc2Cl)cc1. The van der Waals surface area contributed by atoms with Gasteiger partial charge in [0.25, 0.3) is 5.91 Å². The zero-order valence-corrected chi connectivity index (χ0v) is 18.7. The minimum atomic E-state index is -0.251. The van der Waals surface area contributed by atoms with Gasteiger partial charge < -0.3 is 5.32 Å². The molecule has 158 valence electrons. The Morgan fingerprint density at radius 1 is 1.06 bits per heavy atom. The summed E-state index contributed by atoms with van der Waals surface area (Å²) in [6.07, 6.45) is 1.96. The van der Waals surface area contributed by atoms with E-state index in [1.165, 1.54) is 5.56 Å². The molecule has 6 heteroatoms. The molecule has 31 heavy (non-hydrogen) atoms. The van der Waals surface area contributed by atoms with Gasteiger partial charge in [0.1, 0.15) is 5.37 Å². The maximum absolute atomic E-state index is 12.8. The van der Waals surface area contributed by atoms with Crippen LogP contribution in [0.15, 0.2) is 72.8 Å². The fraction of sp³-hybridized carbons (Fsp3) is 0.200. The number of hydrogen-bond acceptors (Lipinski definition) is 3. The van der Waals surface area contributed by atoms with Crippen LogP contribution in [0.4, 0.5) is 11.4 Å². The molecule has 1 aliphatic heterocycles. The Kier molecular flexibility index (Phi) is 6.64. The Labute approximate surface area is 191 Å². The second-order valence-corrected chi connectivity index (χ2v) is 8.84. The number of hydrogen-bond donors (Lipinski definition) is 1. The zero-order valence-electron chi connectivity index (χ0n) is 17.2. The number of nitrogens with zero attached hydrogens (tertiary/aromatic N) is 1. The Hall–Kier alpha value is -2.76. The molecule has 1 atom stereocenters. The highest BCUT2D eigenvalue weighted by atomic mass is 35.5. The van der Waals surface area contributed by atoms with E-state index in [-0.39, 0.29) is 17.2 Å². The first kappa shape index (κ1) is 21.5. The number of aryl methyl sites for hydroxylation is 1. The van der Waals surface area contributed by atoms with Gasteiger partial charge in [0.15, 0.2) is 0 Å². The molecular formula is C25H23ClN2O2S. The van der Waals surface area contributed by atoms with Crippen molar-refractivity contribution >= 4 is 46.6 Å². The van der Waals surface area contributed by atoms with Crippen LogP contribution in [-0.2, 0) is 11.2 Å². The summed E-state index contributed by atoms with van der Waals surface area (Å²) < 4.78 is 0. The number of rotatable bonds is 6. The van der Waals surface area contributed by atoms with E-state index in [2.05, 4.69) is 18.3 Å². The smallest absolute Gasteiger partial charge is 0.257 e. The van der Waals surface area contributed by atoms with E-state index in [0.29, 0.717) is 22.0 Å². The Bertz CT molecular complexity index is 1100. The summed E-state index contributed by atoms with van der Waals surface area (Å²) in [4.78, 5) is 27.2. The van der Waals surface area contributed by atoms with Gasteiger partial charge in [-0.25, -0.2) is 0 Å². The number of amides is 2. The van der Waals surface area contributed by atoms with Crippen molar-refractivity contribution in [2.24, 2.45) is 0 Å². The van der Waals surface area contributed by atoms with Crippen LogP contribution < -0.4 is 10.2 Å². The van der Waals surface area contributed by atoms with Crippen LogP contribution >= 0.6 is 23.4 Å². The molecule has 0 spiro atoms. The molecular weight excluding hydrogens is 428 g/mol. The van der Waals surface area contributed by atoms with Crippen molar-refractivity contribution in [3.05, 3.63) is 94.5 Å². The van der Waals surface area contributed by atoms with E-state index in [0.717, 1.165) is 24.1 Å². The maximum Gasteiger partial charge on any atom is 0.257 e. The molecule has 1 heterocycles. The quantitative estimate of drug-likeness (QED) is 0.477. The Morgan fingerprint density at radius 2 is 1.77 bits per heavy atom. The van der Waals surface area contributed by atoms with Gasteiger partial charge in [0, 0.05) is 11.4 Å². The van der Waals surface area contributed by atoms with Crippen molar-refractivity contribution in [1.29, 1.82) is 0 Å². The summed E-state index contributed by atoms with van der Waals surface area (Å²) in [5, 5.41) is 3.21. The topological polar surface area (TPSA) is 49.4 Å². The van der Waals surface area contributed by atoms with Crippen LogP contribution in [0.25, 0.3) is 0 Å². The molecule has 2 amide bonds. The van der Waals surface area contributed by atoms with Crippen molar-refractivity contribution < 1.29 is 9.59 Å².